The maximum absolute atomic E-state index is 5.74. The van der Waals surface area contributed by atoms with Gasteiger partial charge in [0.15, 0.2) is 0 Å². The molecule has 1 unspecified atom stereocenters. The third kappa shape index (κ3) is 3.32. The summed E-state index contributed by atoms with van der Waals surface area (Å²) in [5, 5.41) is 3.64. The Labute approximate surface area is 120 Å². The van der Waals surface area contributed by atoms with Gasteiger partial charge in [0.05, 0.1) is 6.61 Å². The molecular weight excluding hydrogens is 246 g/mol. The van der Waals surface area contributed by atoms with Gasteiger partial charge in [-0.05, 0) is 49.4 Å². The second-order valence-electron chi connectivity index (χ2n) is 5.34. The molecule has 0 aliphatic carbocycles. The van der Waals surface area contributed by atoms with Crippen molar-refractivity contribution < 1.29 is 4.74 Å². The third-order valence-electron chi connectivity index (χ3n) is 3.85. The van der Waals surface area contributed by atoms with Gasteiger partial charge in [0.1, 0.15) is 5.75 Å². The predicted molar refractivity (Wildman–Crippen MR) is 83.3 cm³/mol. The first-order valence-electron chi connectivity index (χ1n) is 7.44. The Balaban J connectivity index is 1.42. The van der Waals surface area contributed by atoms with Crippen molar-refractivity contribution in [2.24, 2.45) is 0 Å². The number of para-hydroxylation sites is 2. The van der Waals surface area contributed by atoms with Crippen LogP contribution in [0.15, 0.2) is 54.6 Å². The van der Waals surface area contributed by atoms with E-state index in [0.29, 0.717) is 6.04 Å². The molecule has 2 nitrogen and oxygen atoms in total. The van der Waals surface area contributed by atoms with E-state index in [1.807, 2.05) is 30.3 Å². The van der Waals surface area contributed by atoms with Gasteiger partial charge in [0.2, 0.25) is 0 Å². The van der Waals surface area contributed by atoms with E-state index in [9.17, 15) is 0 Å². The van der Waals surface area contributed by atoms with Crippen molar-refractivity contribution in [3.05, 3.63) is 60.2 Å². The number of fused-ring (bicyclic) bond motifs is 1. The van der Waals surface area contributed by atoms with Gasteiger partial charge >= 0.3 is 0 Å². The van der Waals surface area contributed by atoms with E-state index in [2.05, 4.69) is 29.6 Å². The molecule has 0 fully saturated rings. The van der Waals surface area contributed by atoms with E-state index < -0.39 is 0 Å². The minimum absolute atomic E-state index is 0.587. The molecular formula is C18H21NO. The second kappa shape index (κ2) is 6.47. The molecule has 3 rings (SSSR count). The lowest BCUT2D eigenvalue weighted by Crippen LogP contribution is -2.25. The second-order valence-corrected chi connectivity index (χ2v) is 5.34. The molecule has 20 heavy (non-hydrogen) atoms. The van der Waals surface area contributed by atoms with Gasteiger partial charge in [-0.3, -0.25) is 0 Å². The molecule has 0 bridgehead atoms. The SMILES string of the molecule is c1ccc(OCCCC2CCc3ccccc3N2)cc1. The van der Waals surface area contributed by atoms with Crippen LogP contribution in [0.1, 0.15) is 24.8 Å². The average molecular weight is 267 g/mol. The van der Waals surface area contributed by atoms with E-state index in [0.717, 1.165) is 18.8 Å². The van der Waals surface area contributed by atoms with Crippen molar-refractivity contribution >= 4 is 5.69 Å². The molecule has 1 N–H and O–H groups in total. The molecule has 2 heteroatoms. The fourth-order valence-electron chi connectivity index (χ4n) is 2.75. The number of hydrogen-bond acceptors (Lipinski definition) is 2. The molecule has 1 aliphatic rings. The van der Waals surface area contributed by atoms with Crippen molar-refractivity contribution in [2.75, 3.05) is 11.9 Å². The summed E-state index contributed by atoms with van der Waals surface area (Å²) in [5.74, 6) is 0.967. The molecule has 2 aromatic carbocycles. The highest BCUT2D eigenvalue weighted by atomic mass is 16.5. The molecule has 0 saturated carbocycles. The first kappa shape index (κ1) is 13.0. The van der Waals surface area contributed by atoms with Crippen LogP contribution in [0.4, 0.5) is 5.69 Å². The van der Waals surface area contributed by atoms with E-state index in [4.69, 9.17) is 4.74 Å². The van der Waals surface area contributed by atoms with E-state index >= 15 is 0 Å². The average Bonchev–Trinajstić information content (AvgIpc) is 2.52. The molecule has 0 amide bonds. The fourth-order valence-corrected chi connectivity index (χ4v) is 2.75. The Morgan fingerprint density at radius 2 is 1.80 bits per heavy atom. The molecule has 104 valence electrons. The van der Waals surface area contributed by atoms with Gasteiger partial charge < -0.3 is 10.1 Å². The number of benzene rings is 2. The van der Waals surface area contributed by atoms with Gasteiger partial charge in [-0.1, -0.05) is 36.4 Å². The first-order chi connectivity index (χ1) is 9.92. The summed E-state index contributed by atoms with van der Waals surface area (Å²) in [6.45, 7) is 0.795. The number of nitrogens with one attached hydrogen (secondary N) is 1. The van der Waals surface area contributed by atoms with E-state index in [-0.39, 0.29) is 0 Å². The first-order valence-corrected chi connectivity index (χ1v) is 7.44. The lowest BCUT2D eigenvalue weighted by molar-refractivity contribution is 0.301. The summed E-state index contributed by atoms with van der Waals surface area (Å²) in [6.07, 6.45) is 4.67. The Bertz CT molecular complexity index is 538. The topological polar surface area (TPSA) is 21.3 Å². The fraction of sp³-hybridized carbons (Fsp3) is 0.333. The van der Waals surface area contributed by atoms with Gasteiger partial charge in [0.25, 0.3) is 0 Å². The van der Waals surface area contributed by atoms with Crippen LogP contribution in [0.2, 0.25) is 0 Å². The van der Waals surface area contributed by atoms with Gasteiger partial charge in [-0.25, -0.2) is 0 Å². The van der Waals surface area contributed by atoms with E-state index in [1.165, 1.54) is 30.5 Å². The van der Waals surface area contributed by atoms with Gasteiger partial charge in [0, 0.05) is 11.7 Å². The van der Waals surface area contributed by atoms with Crippen molar-refractivity contribution in [3.8, 4) is 5.75 Å². The van der Waals surface area contributed by atoms with Crippen molar-refractivity contribution in [1.82, 2.24) is 0 Å². The van der Waals surface area contributed by atoms with Gasteiger partial charge in [-0.2, -0.15) is 0 Å². The number of ether oxygens (including phenoxy) is 1. The van der Waals surface area contributed by atoms with E-state index in [1.54, 1.807) is 0 Å². The Hall–Kier alpha value is -1.96. The van der Waals surface area contributed by atoms with Crippen LogP contribution in [-0.2, 0) is 6.42 Å². The van der Waals surface area contributed by atoms with Crippen LogP contribution in [0.5, 0.6) is 5.75 Å². The zero-order chi connectivity index (χ0) is 13.6. The zero-order valence-electron chi connectivity index (χ0n) is 11.7. The molecule has 2 aromatic rings. The summed E-state index contributed by atoms with van der Waals surface area (Å²) in [4.78, 5) is 0. The number of anilines is 1. The van der Waals surface area contributed by atoms with Crippen molar-refractivity contribution in [3.63, 3.8) is 0 Å². The normalized spacial score (nSPS) is 17.1. The number of hydrogen-bond donors (Lipinski definition) is 1. The summed E-state index contributed by atoms with van der Waals surface area (Å²) in [6, 6.07) is 19.3. The Morgan fingerprint density at radius 3 is 2.70 bits per heavy atom. The summed E-state index contributed by atoms with van der Waals surface area (Å²) >= 11 is 0. The van der Waals surface area contributed by atoms with Gasteiger partial charge in [-0.15, -0.1) is 0 Å². The standard InChI is InChI=1S/C18H21NO/c1-2-9-17(10-3-1)20-14-6-8-16-13-12-15-7-4-5-11-18(15)19-16/h1-5,7,9-11,16,19H,6,8,12-14H2. The van der Waals surface area contributed by atoms with Crippen LogP contribution in [0.25, 0.3) is 0 Å². The monoisotopic (exact) mass is 267 g/mol. The van der Waals surface area contributed by atoms with Crippen LogP contribution in [0.3, 0.4) is 0 Å². The summed E-state index contributed by atoms with van der Waals surface area (Å²) < 4.78 is 5.74. The van der Waals surface area contributed by atoms with Crippen molar-refractivity contribution in [2.45, 2.75) is 31.7 Å². The predicted octanol–water partition coefficient (Wildman–Crippen LogP) is 4.27. The Kier molecular flexibility index (Phi) is 4.22. The van der Waals surface area contributed by atoms with Crippen molar-refractivity contribution in [1.29, 1.82) is 0 Å². The lowest BCUT2D eigenvalue weighted by atomic mass is 9.95. The third-order valence-corrected chi connectivity index (χ3v) is 3.85. The van der Waals surface area contributed by atoms with Crippen LogP contribution >= 0.6 is 0 Å². The smallest absolute Gasteiger partial charge is 0.119 e. The molecule has 0 aromatic heterocycles. The number of aryl methyl sites for hydroxylation is 1. The zero-order valence-corrected chi connectivity index (χ0v) is 11.7. The molecule has 0 radical (unpaired) electrons. The Morgan fingerprint density at radius 1 is 1.00 bits per heavy atom. The molecule has 1 heterocycles. The highest BCUT2D eigenvalue weighted by Crippen LogP contribution is 2.26. The maximum Gasteiger partial charge on any atom is 0.119 e. The minimum atomic E-state index is 0.587. The number of rotatable bonds is 5. The quantitative estimate of drug-likeness (QED) is 0.817. The minimum Gasteiger partial charge on any atom is -0.494 e. The molecule has 0 saturated heterocycles. The molecule has 0 spiro atoms. The highest BCUT2D eigenvalue weighted by Gasteiger charge is 2.16. The molecule has 1 aliphatic heterocycles. The highest BCUT2D eigenvalue weighted by molar-refractivity contribution is 5.53. The summed E-state index contributed by atoms with van der Waals surface area (Å²) in [5.41, 5.74) is 2.76. The largest absolute Gasteiger partial charge is 0.494 e. The molecule has 1 atom stereocenters. The van der Waals surface area contributed by atoms with Crippen LogP contribution in [0, 0.1) is 0 Å². The summed E-state index contributed by atoms with van der Waals surface area (Å²) in [7, 11) is 0. The van der Waals surface area contributed by atoms with Crippen LogP contribution in [-0.4, -0.2) is 12.6 Å². The van der Waals surface area contributed by atoms with Crippen LogP contribution < -0.4 is 10.1 Å². The maximum atomic E-state index is 5.74. The lowest BCUT2D eigenvalue weighted by Gasteiger charge is -2.27.